The van der Waals surface area contributed by atoms with Crippen molar-refractivity contribution in [2.75, 3.05) is 19.6 Å². The number of rotatable bonds is 4. The fourth-order valence-corrected chi connectivity index (χ4v) is 3.27. The van der Waals surface area contributed by atoms with Gasteiger partial charge in [-0.3, -0.25) is 4.79 Å². The lowest BCUT2D eigenvalue weighted by Gasteiger charge is -2.34. The average molecular weight is 326 g/mol. The molecule has 0 atom stereocenters. The maximum Gasteiger partial charge on any atom is 0.254 e. The fourth-order valence-electron chi connectivity index (χ4n) is 3.27. The molecule has 128 valence electrons. The Balaban J connectivity index is 1.73. The van der Waals surface area contributed by atoms with Crippen LogP contribution in [0.3, 0.4) is 0 Å². The number of hydrogen-bond donors (Lipinski definition) is 2. The van der Waals surface area contributed by atoms with Crippen molar-refractivity contribution < 1.29 is 4.79 Å². The first-order valence-electron chi connectivity index (χ1n) is 8.60. The summed E-state index contributed by atoms with van der Waals surface area (Å²) in [5, 5.41) is 10.9. The molecule has 0 unspecified atom stereocenters. The first kappa shape index (κ1) is 16.7. The molecule has 5 heteroatoms. The number of carbonyl (C=O) groups is 1. The number of carbonyl (C=O) groups excluding carboxylic acids is 1. The number of benzene rings is 1. The molecule has 1 saturated heterocycles. The molecule has 0 radical (unpaired) electrons. The normalized spacial score (nSPS) is 16.8. The standard InChI is InChI=1S/C19H26N4O/c1-14-6-4-5-7-17(14)23-15(2)16(12-22-23)18(24)21-13-19(3)8-10-20-11-9-19/h4-7,12,20H,8-11,13H2,1-3H3,(H,21,24). The minimum atomic E-state index is -0.0351. The van der Waals surface area contributed by atoms with Gasteiger partial charge < -0.3 is 10.6 Å². The fraction of sp³-hybridized carbons (Fsp3) is 0.474. The molecule has 0 spiro atoms. The Hall–Kier alpha value is -2.14. The third-order valence-corrected chi connectivity index (χ3v) is 5.08. The summed E-state index contributed by atoms with van der Waals surface area (Å²) in [6.07, 6.45) is 3.85. The van der Waals surface area contributed by atoms with Gasteiger partial charge in [0.15, 0.2) is 0 Å². The third-order valence-electron chi connectivity index (χ3n) is 5.08. The number of piperidine rings is 1. The van der Waals surface area contributed by atoms with Gasteiger partial charge in [0.05, 0.1) is 23.1 Å². The Morgan fingerprint density at radius 3 is 2.71 bits per heavy atom. The second-order valence-corrected chi connectivity index (χ2v) is 7.09. The third kappa shape index (κ3) is 3.36. The van der Waals surface area contributed by atoms with Gasteiger partial charge in [-0.25, -0.2) is 4.68 Å². The number of aromatic nitrogens is 2. The number of para-hydroxylation sites is 1. The summed E-state index contributed by atoms with van der Waals surface area (Å²) in [4.78, 5) is 12.6. The van der Waals surface area contributed by atoms with E-state index in [0.717, 1.165) is 42.9 Å². The summed E-state index contributed by atoms with van der Waals surface area (Å²) in [7, 11) is 0. The van der Waals surface area contributed by atoms with E-state index >= 15 is 0 Å². The van der Waals surface area contributed by atoms with E-state index in [0.29, 0.717) is 12.1 Å². The monoisotopic (exact) mass is 326 g/mol. The second-order valence-electron chi connectivity index (χ2n) is 7.09. The smallest absolute Gasteiger partial charge is 0.254 e. The SMILES string of the molecule is Cc1ccccc1-n1ncc(C(=O)NCC2(C)CCNCC2)c1C. The minimum absolute atomic E-state index is 0.0351. The van der Waals surface area contributed by atoms with Crippen LogP contribution in [0, 0.1) is 19.3 Å². The summed E-state index contributed by atoms with van der Waals surface area (Å²) in [6, 6.07) is 8.06. The number of nitrogens with one attached hydrogen (secondary N) is 2. The van der Waals surface area contributed by atoms with Crippen molar-refractivity contribution in [1.82, 2.24) is 20.4 Å². The van der Waals surface area contributed by atoms with Crippen LogP contribution in [0.4, 0.5) is 0 Å². The van der Waals surface area contributed by atoms with Crippen molar-refractivity contribution in [3.63, 3.8) is 0 Å². The van der Waals surface area contributed by atoms with Gasteiger partial charge in [-0.1, -0.05) is 25.1 Å². The number of aryl methyl sites for hydroxylation is 1. The van der Waals surface area contributed by atoms with E-state index in [4.69, 9.17) is 0 Å². The predicted molar refractivity (Wildman–Crippen MR) is 95.6 cm³/mol. The predicted octanol–water partition coefficient (Wildman–Crippen LogP) is 2.61. The quantitative estimate of drug-likeness (QED) is 0.908. The Kier molecular flexibility index (Phi) is 4.71. The van der Waals surface area contributed by atoms with Crippen LogP contribution in [0.2, 0.25) is 0 Å². The lowest BCUT2D eigenvalue weighted by Crippen LogP contribution is -2.43. The molecule has 1 aromatic carbocycles. The van der Waals surface area contributed by atoms with Gasteiger partial charge in [0.2, 0.25) is 0 Å². The number of amides is 1. The molecular weight excluding hydrogens is 300 g/mol. The molecule has 2 aromatic rings. The molecule has 5 nitrogen and oxygen atoms in total. The lowest BCUT2D eigenvalue weighted by molar-refractivity contribution is 0.0921. The van der Waals surface area contributed by atoms with E-state index in [1.165, 1.54) is 0 Å². The van der Waals surface area contributed by atoms with Crippen LogP contribution in [-0.2, 0) is 0 Å². The maximum absolute atomic E-state index is 12.6. The first-order valence-corrected chi connectivity index (χ1v) is 8.60. The van der Waals surface area contributed by atoms with Crippen molar-refractivity contribution in [3.8, 4) is 5.69 Å². The first-order chi connectivity index (χ1) is 11.5. The van der Waals surface area contributed by atoms with Gasteiger partial charge in [0.1, 0.15) is 0 Å². The average Bonchev–Trinajstić information content (AvgIpc) is 2.95. The van der Waals surface area contributed by atoms with Crippen LogP contribution >= 0.6 is 0 Å². The molecule has 0 bridgehead atoms. The molecular formula is C19H26N4O. The molecule has 3 rings (SSSR count). The Labute approximate surface area is 143 Å². The van der Waals surface area contributed by atoms with Gasteiger partial charge in [-0.2, -0.15) is 5.10 Å². The van der Waals surface area contributed by atoms with Crippen LogP contribution < -0.4 is 10.6 Å². The van der Waals surface area contributed by atoms with Gasteiger partial charge >= 0.3 is 0 Å². The topological polar surface area (TPSA) is 59.0 Å². The summed E-state index contributed by atoms with van der Waals surface area (Å²) in [6.45, 7) is 9.00. The minimum Gasteiger partial charge on any atom is -0.351 e. The molecule has 1 aromatic heterocycles. The van der Waals surface area contributed by atoms with Crippen LogP contribution in [0.5, 0.6) is 0 Å². The molecule has 0 saturated carbocycles. The van der Waals surface area contributed by atoms with Crippen LogP contribution in [-0.4, -0.2) is 35.3 Å². The summed E-state index contributed by atoms with van der Waals surface area (Å²) in [5.74, 6) is -0.0351. The van der Waals surface area contributed by atoms with Gasteiger partial charge in [0.25, 0.3) is 5.91 Å². The molecule has 0 aliphatic carbocycles. The largest absolute Gasteiger partial charge is 0.351 e. The zero-order valence-corrected chi connectivity index (χ0v) is 14.7. The van der Waals surface area contributed by atoms with E-state index in [1.54, 1.807) is 6.20 Å². The zero-order chi connectivity index (χ0) is 17.2. The zero-order valence-electron chi connectivity index (χ0n) is 14.7. The number of hydrogen-bond acceptors (Lipinski definition) is 3. The molecule has 2 N–H and O–H groups in total. The highest BCUT2D eigenvalue weighted by atomic mass is 16.1. The van der Waals surface area contributed by atoms with Crippen LogP contribution in [0.25, 0.3) is 5.69 Å². The molecule has 1 fully saturated rings. The van der Waals surface area contributed by atoms with Gasteiger partial charge in [0, 0.05) is 6.54 Å². The van der Waals surface area contributed by atoms with Crippen LogP contribution in [0.1, 0.15) is 41.4 Å². The Bertz CT molecular complexity index is 729. The highest BCUT2D eigenvalue weighted by Gasteiger charge is 2.27. The van der Waals surface area contributed by atoms with Crippen molar-refractivity contribution in [1.29, 1.82) is 0 Å². The highest BCUT2D eigenvalue weighted by molar-refractivity contribution is 5.95. The molecule has 1 amide bonds. The molecule has 1 aliphatic rings. The van der Waals surface area contributed by atoms with Gasteiger partial charge in [-0.15, -0.1) is 0 Å². The Morgan fingerprint density at radius 1 is 1.29 bits per heavy atom. The van der Waals surface area contributed by atoms with E-state index in [2.05, 4.69) is 22.7 Å². The van der Waals surface area contributed by atoms with Crippen molar-refractivity contribution in [2.45, 2.75) is 33.6 Å². The van der Waals surface area contributed by atoms with E-state index in [9.17, 15) is 4.79 Å². The van der Waals surface area contributed by atoms with Crippen molar-refractivity contribution in [3.05, 3.63) is 47.3 Å². The summed E-state index contributed by atoms with van der Waals surface area (Å²) < 4.78 is 1.84. The van der Waals surface area contributed by atoms with Crippen LogP contribution in [0.15, 0.2) is 30.5 Å². The molecule has 2 heterocycles. The Morgan fingerprint density at radius 2 is 2.00 bits per heavy atom. The van der Waals surface area contributed by atoms with Crippen molar-refractivity contribution in [2.24, 2.45) is 5.41 Å². The van der Waals surface area contributed by atoms with E-state index in [1.807, 2.05) is 42.8 Å². The number of nitrogens with zero attached hydrogens (tertiary/aromatic N) is 2. The summed E-state index contributed by atoms with van der Waals surface area (Å²) in [5.41, 5.74) is 3.85. The van der Waals surface area contributed by atoms with E-state index in [-0.39, 0.29) is 11.3 Å². The lowest BCUT2D eigenvalue weighted by atomic mass is 9.81. The maximum atomic E-state index is 12.6. The highest BCUT2D eigenvalue weighted by Crippen LogP contribution is 2.27. The second kappa shape index (κ2) is 6.77. The van der Waals surface area contributed by atoms with E-state index < -0.39 is 0 Å². The van der Waals surface area contributed by atoms with Gasteiger partial charge in [-0.05, 0) is 56.8 Å². The summed E-state index contributed by atoms with van der Waals surface area (Å²) >= 11 is 0. The van der Waals surface area contributed by atoms with Crippen molar-refractivity contribution >= 4 is 5.91 Å². The molecule has 1 aliphatic heterocycles. The molecule has 24 heavy (non-hydrogen) atoms.